The predicted octanol–water partition coefficient (Wildman–Crippen LogP) is 5.39. The maximum absolute atomic E-state index is 11.0. The van der Waals surface area contributed by atoms with Crippen LogP contribution in [0.15, 0.2) is 67.0 Å². The molecule has 0 aliphatic rings. The minimum atomic E-state index is -0.326. The third-order valence-electron chi connectivity index (χ3n) is 4.79. The minimum absolute atomic E-state index is 0.239. The summed E-state index contributed by atoms with van der Waals surface area (Å²) < 4.78 is 11.0. The Hall–Kier alpha value is -3.05. The van der Waals surface area contributed by atoms with Crippen molar-refractivity contribution in [3.05, 3.63) is 78.4 Å². The number of esters is 1. The highest BCUT2D eigenvalue weighted by atomic mass is 16.5. The average Bonchev–Trinajstić information content (AvgIpc) is 2.77. The van der Waals surface area contributed by atoms with Gasteiger partial charge in [0.25, 0.3) is 0 Å². The van der Waals surface area contributed by atoms with Gasteiger partial charge >= 0.3 is 5.97 Å². The SMILES string of the molecule is CC(=O)Oc1ccc(-c2cnc(CCCCC(C)OCc3ccccc3)nc2)cc1. The summed E-state index contributed by atoms with van der Waals surface area (Å²) in [6.07, 6.45) is 7.93. The van der Waals surface area contributed by atoms with Crippen LogP contribution in [0.4, 0.5) is 0 Å². The van der Waals surface area contributed by atoms with Gasteiger partial charge in [-0.3, -0.25) is 4.79 Å². The fourth-order valence-electron chi connectivity index (χ4n) is 3.13. The first kappa shape index (κ1) is 21.7. The van der Waals surface area contributed by atoms with Crippen molar-refractivity contribution in [3.8, 4) is 16.9 Å². The van der Waals surface area contributed by atoms with Crippen molar-refractivity contribution < 1.29 is 14.3 Å². The smallest absolute Gasteiger partial charge is 0.308 e. The molecular weight excluding hydrogens is 376 g/mol. The number of aryl methyl sites for hydroxylation is 1. The summed E-state index contributed by atoms with van der Waals surface area (Å²) in [6.45, 7) is 4.17. The first-order chi connectivity index (χ1) is 14.6. The summed E-state index contributed by atoms with van der Waals surface area (Å²) in [7, 11) is 0. The normalized spacial score (nSPS) is 11.8. The number of unbranched alkanes of at least 4 members (excludes halogenated alkanes) is 1. The molecule has 0 saturated carbocycles. The van der Waals surface area contributed by atoms with Gasteiger partial charge in [0.2, 0.25) is 0 Å². The Morgan fingerprint density at radius 1 is 0.933 bits per heavy atom. The molecule has 0 amide bonds. The lowest BCUT2D eigenvalue weighted by atomic mass is 10.1. The number of benzene rings is 2. The number of carbonyl (C=O) groups is 1. The van der Waals surface area contributed by atoms with Crippen LogP contribution in [-0.4, -0.2) is 22.0 Å². The van der Waals surface area contributed by atoms with Gasteiger partial charge < -0.3 is 9.47 Å². The van der Waals surface area contributed by atoms with Crippen molar-refractivity contribution in [2.75, 3.05) is 0 Å². The van der Waals surface area contributed by atoms with Crippen molar-refractivity contribution in [2.45, 2.75) is 52.2 Å². The Kier molecular flexibility index (Phi) is 8.10. The van der Waals surface area contributed by atoms with E-state index in [0.29, 0.717) is 12.4 Å². The Morgan fingerprint density at radius 3 is 2.30 bits per heavy atom. The number of hydrogen-bond donors (Lipinski definition) is 0. The molecule has 1 atom stereocenters. The molecule has 30 heavy (non-hydrogen) atoms. The van der Waals surface area contributed by atoms with Gasteiger partial charge in [-0.15, -0.1) is 0 Å². The van der Waals surface area contributed by atoms with Crippen LogP contribution in [0.5, 0.6) is 5.75 Å². The zero-order valence-electron chi connectivity index (χ0n) is 17.6. The predicted molar refractivity (Wildman–Crippen MR) is 117 cm³/mol. The van der Waals surface area contributed by atoms with Crippen LogP contribution in [0.1, 0.15) is 44.5 Å². The Balaban J connectivity index is 1.38. The summed E-state index contributed by atoms with van der Waals surface area (Å²) in [5, 5.41) is 0. The third-order valence-corrected chi connectivity index (χ3v) is 4.79. The van der Waals surface area contributed by atoms with Crippen LogP contribution in [0.25, 0.3) is 11.1 Å². The van der Waals surface area contributed by atoms with Crippen LogP contribution in [0.2, 0.25) is 0 Å². The van der Waals surface area contributed by atoms with E-state index in [-0.39, 0.29) is 12.1 Å². The molecule has 0 N–H and O–H groups in total. The van der Waals surface area contributed by atoms with E-state index in [1.54, 1.807) is 12.1 Å². The van der Waals surface area contributed by atoms with Crippen LogP contribution in [-0.2, 0) is 22.6 Å². The largest absolute Gasteiger partial charge is 0.427 e. The highest BCUT2D eigenvalue weighted by molar-refractivity contribution is 5.70. The maximum Gasteiger partial charge on any atom is 0.308 e. The monoisotopic (exact) mass is 404 g/mol. The number of nitrogens with zero attached hydrogens (tertiary/aromatic N) is 2. The van der Waals surface area contributed by atoms with Crippen LogP contribution < -0.4 is 4.74 Å². The van der Waals surface area contributed by atoms with E-state index >= 15 is 0 Å². The first-order valence-corrected chi connectivity index (χ1v) is 10.4. The average molecular weight is 405 g/mol. The molecule has 1 heterocycles. The lowest BCUT2D eigenvalue weighted by Gasteiger charge is -2.13. The van der Waals surface area contributed by atoms with Gasteiger partial charge in [0, 0.05) is 31.3 Å². The fraction of sp³-hybridized carbons (Fsp3) is 0.320. The molecule has 1 unspecified atom stereocenters. The highest BCUT2D eigenvalue weighted by Crippen LogP contribution is 2.21. The molecule has 1 aromatic heterocycles. The zero-order valence-corrected chi connectivity index (χ0v) is 17.6. The highest BCUT2D eigenvalue weighted by Gasteiger charge is 2.05. The van der Waals surface area contributed by atoms with Gasteiger partial charge in [0.05, 0.1) is 12.7 Å². The summed E-state index contributed by atoms with van der Waals surface area (Å²) in [6, 6.07) is 17.6. The molecule has 3 aromatic rings. The van der Waals surface area contributed by atoms with E-state index in [1.165, 1.54) is 12.5 Å². The van der Waals surface area contributed by atoms with E-state index in [1.807, 2.05) is 42.7 Å². The van der Waals surface area contributed by atoms with Gasteiger partial charge in [-0.25, -0.2) is 9.97 Å². The molecule has 0 aliphatic heterocycles. The Labute approximate surface area is 178 Å². The van der Waals surface area contributed by atoms with E-state index in [9.17, 15) is 4.79 Å². The molecule has 0 fully saturated rings. The molecule has 0 bridgehead atoms. The van der Waals surface area contributed by atoms with Gasteiger partial charge in [-0.1, -0.05) is 48.9 Å². The molecule has 0 aliphatic carbocycles. The van der Waals surface area contributed by atoms with Crippen molar-refractivity contribution >= 4 is 5.97 Å². The van der Waals surface area contributed by atoms with Gasteiger partial charge in [-0.05, 0) is 43.0 Å². The Bertz CT molecular complexity index is 909. The van der Waals surface area contributed by atoms with E-state index in [2.05, 4.69) is 29.0 Å². The molecule has 0 saturated heterocycles. The van der Waals surface area contributed by atoms with Crippen molar-refractivity contribution in [1.29, 1.82) is 0 Å². The van der Waals surface area contributed by atoms with Crippen molar-refractivity contribution in [3.63, 3.8) is 0 Å². The molecule has 156 valence electrons. The second-order valence-electron chi connectivity index (χ2n) is 7.36. The summed E-state index contributed by atoms with van der Waals surface area (Å²) >= 11 is 0. The molecule has 2 aromatic carbocycles. The molecular formula is C25H28N2O3. The molecule has 5 nitrogen and oxygen atoms in total. The van der Waals surface area contributed by atoms with Crippen LogP contribution in [0.3, 0.4) is 0 Å². The number of rotatable bonds is 10. The minimum Gasteiger partial charge on any atom is -0.427 e. The van der Waals surface area contributed by atoms with Crippen LogP contribution >= 0.6 is 0 Å². The van der Waals surface area contributed by atoms with Crippen molar-refractivity contribution in [1.82, 2.24) is 9.97 Å². The summed E-state index contributed by atoms with van der Waals surface area (Å²) in [4.78, 5) is 20.0. The topological polar surface area (TPSA) is 61.3 Å². The first-order valence-electron chi connectivity index (χ1n) is 10.4. The molecule has 0 radical (unpaired) electrons. The molecule has 5 heteroatoms. The second kappa shape index (κ2) is 11.2. The van der Waals surface area contributed by atoms with Crippen molar-refractivity contribution in [2.24, 2.45) is 0 Å². The number of aromatic nitrogens is 2. The standard InChI is InChI=1S/C25H28N2O3/c1-19(29-18-21-9-4-3-5-10-21)8-6-7-11-25-26-16-23(17-27-25)22-12-14-24(15-13-22)30-20(2)28/h3-5,9-10,12-17,19H,6-8,11,18H2,1-2H3. The Morgan fingerprint density at radius 2 is 1.63 bits per heavy atom. The number of ether oxygens (including phenoxy) is 2. The van der Waals surface area contributed by atoms with E-state index in [4.69, 9.17) is 9.47 Å². The van der Waals surface area contributed by atoms with Gasteiger partial charge in [0.15, 0.2) is 0 Å². The summed E-state index contributed by atoms with van der Waals surface area (Å²) in [5.74, 6) is 1.06. The number of carbonyl (C=O) groups excluding carboxylic acids is 1. The maximum atomic E-state index is 11.0. The second-order valence-corrected chi connectivity index (χ2v) is 7.36. The summed E-state index contributed by atoms with van der Waals surface area (Å²) in [5.41, 5.74) is 3.14. The lowest BCUT2D eigenvalue weighted by Crippen LogP contribution is -2.08. The third kappa shape index (κ3) is 7.08. The quantitative estimate of drug-likeness (QED) is 0.258. The zero-order chi connectivity index (χ0) is 21.2. The van der Waals surface area contributed by atoms with Crippen LogP contribution in [0, 0.1) is 0 Å². The molecule has 0 spiro atoms. The molecule has 3 rings (SSSR count). The lowest BCUT2D eigenvalue weighted by molar-refractivity contribution is -0.131. The van der Waals surface area contributed by atoms with E-state index < -0.39 is 0 Å². The van der Waals surface area contributed by atoms with E-state index in [0.717, 1.165) is 42.6 Å². The fourth-order valence-corrected chi connectivity index (χ4v) is 3.13. The van der Waals surface area contributed by atoms with Gasteiger partial charge in [0.1, 0.15) is 11.6 Å². The van der Waals surface area contributed by atoms with Gasteiger partial charge in [-0.2, -0.15) is 0 Å². The number of hydrogen-bond acceptors (Lipinski definition) is 5.